The molecule has 2 aliphatic rings. The monoisotopic (exact) mass is 353 g/mol. The molecule has 2 aliphatic heterocycles. The lowest BCUT2D eigenvalue weighted by Crippen LogP contribution is -2.50. The normalized spacial score (nSPS) is 31.5. The molecule has 1 amide bonds. The Kier molecular flexibility index (Phi) is 6.59. The van der Waals surface area contributed by atoms with Crippen LogP contribution in [0.15, 0.2) is 0 Å². The lowest BCUT2D eigenvalue weighted by Gasteiger charge is -2.47. The second-order valence-corrected chi connectivity index (χ2v) is 9.50. The van der Waals surface area contributed by atoms with E-state index in [-0.39, 0.29) is 17.1 Å². The molecule has 0 aromatic rings. The van der Waals surface area contributed by atoms with Gasteiger partial charge in [0.15, 0.2) is 0 Å². The van der Waals surface area contributed by atoms with Crippen molar-refractivity contribution in [3.8, 4) is 0 Å². The van der Waals surface area contributed by atoms with E-state index in [9.17, 15) is 4.79 Å². The average Bonchev–Trinajstić information content (AvgIpc) is 2.45. The number of ether oxygens (including phenoxy) is 2. The van der Waals surface area contributed by atoms with E-state index in [2.05, 4.69) is 39.5 Å². The highest BCUT2D eigenvalue weighted by molar-refractivity contribution is 5.73. The van der Waals surface area contributed by atoms with Crippen molar-refractivity contribution in [2.45, 2.75) is 104 Å². The Labute approximate surface area is 154 Å². The molecule has 2 rings (SSSR count). The van der Waals surface area contributed by atoms with E-state index in [1.54, 1.807) is 6.92 Å². The number of hydrogen-bond donors (Lipinski definition) is 0. The molecule has 0 radical (unpaired) electrons. The summed E-state index contributed by atoms with van der Waals surface area (Å²) in [5.41, 5.74) is 0.137. The number of rotatable bonds is 6. The van der Waals surface area contributed by atoms with Gasteiger partial charge < -0.3 is 14.4 Å². The lowest BCUT2D eigenvalue weighted by molar-refractivity contribution is -0.140. The van der Waals surface area contributed by atoms with Crippen LogP contribution in [0.3, 0.4) is 0 Å². The van der Waals surface area contributed by atoms with Gasteiger partial charge in [0.1, 0.15) is 0 Å². The van der Waals surface area contributed by atoms with Gasteiger partial charge in [0.2, 0.25) is 5.91 Å². The van der Waals surface area contributed by atoms with Crippen LogP contribution in [0.1, 0.15) is 86.5 Å². The SMILES string of the molecule is CCC[C@@]1(CCN(C(C)=O)[C@@H]2CCOC(C)(C)C2)CCOC(C)(C)C1. The zero-order chi connectivity index (χ0) is 18.7. The first-order valence-electron chi connectivity index (χ1n) is 10.1. The number of hydrogen-bond acceptors (Lipinski definition) is 3. The highest BCUT2D eigenvalue weighted by Gasteiger charge is 2.41. The largest absolute Gasteiger partial charge is 0.376 e. The van der Waals surface area contributed by atoms with Crippen molar-refractivity contribution in [3.63, 3.8) is 0 Å². The quantitative estimate of drug-likeness (QED) is 0.703. The topological polar surface area (TPSA) is 38.8 Å². The molecule has 2 fully saturated rings. The summed E-state index contributed by atoms with van der Waals surface area (Å²) < 4.78 is 11.8. The number of nitrogens with zero attached hydrogens (tertiary/aromatic N) is 1. The van der Waals surface area contributed by atoms with Gasteiger partial charge in [-0.1, -0.05) is 13.3 Å². The maximum atomic E-state index is 12.4. The first kappa shape index (κ1) is 20.7. The van der Waals surface area contributed by atoms with Gasteiger partial charge in [-0.05, 0) is 71.6 Å². The number of carbonyl (C=O) groups is 1. The summed E-state index contributed by atoms with van der Waals surface area (Å²) in [4.78, 5) is 14.5. The predicted molar refractivity (Wildman–Crippen MR) is 102 cm³/mol. The van der Waals surface area contributed by atoms with Gasteiger partial charge in [0.25, 0.3) is 0 Å². The molecule has 0 unspecified atom stereocenters. The van der Waals surface area contributed by atoms with Gasteiger partial charge in [-0.25, -0.2) is 0 Å². The van der Waals surface area contributed by atoms with Crippen LogP contribution < -0.4 is 0 Å². The van der Waals surface area contributed by atoms with Crippen LogP contribution in [0, 0.1) is 5.41 Å². The fraction of sp³-hybridized carbons (Fsp3) is 0.952. The molecule has 4 nitrogen and oxygen atoms in total. The Hall–Kier alpha value is -0.610. The van der Waals surface area contributed by atoms with Crippen LogP contribution in [0.25, 0.3) is 0 Å². The van der Waals surface area contributed by atoms with Crippen molar-refractivity contribution in [1.29, 1.82) is 0 Å². The van der Waals surface area contributed by atoms with Crippen molar-refractivity contribution in [2.24, 2.45) is 5.41 Å². The van der Waals surface area contributed by atoms with Crippen molar-refractivity contribution < 1.29 is 14.3 Å². The Balaban J connectivity index is 2.06. The molecular formula is C21H39NO3. The van der Waals surface area contributed by atoms with Gasteiger partial charge in [-0.3, -0.25) is 4.79 Å². The molecule has 0 aromatic carbocycles. The van der Waals surface area contributed by atoms with Gasteiger partial charge in [-0.15, -0.1) is 0 Å². The number of carbonyl (C=O) groups excluding carboxylic acids is 1. The third kappa shape index (κ3) is 5.68. The minimum atomic E-state index is -0.127. The standard InChI is InChI=1S/C21H39NO3/c1-7-9-21(11-14-25-20(5,6)16-21)10-12-22(17(2)23)18-8-13-24-19(3,4)15-18/h18H,7-16H2,1-6H3/t18-,21-/m1/s1. The first-order chi connectivity index (χ1) is 11.6. The van der Waals surface area contributed by atoms with Crippen LogP contribution in [0.2, 0.25) is 0 Å². The molecule has 0 aliphatic carbocycles. The molecule has 0 N–H and O–H groups in total. The summed E-state index contributed by atoms with van der Waals surface area (Å²) in [5.74, 6) is 0.209. The Bertz CT molecular complexity index is 456. The molecule has 0 spiro atoms. The third-order valence-electron chi connectivity index (χ3n) is 6.11. The van der Waals surface area contributed by atoms with E-state index < -0.39 is 0 Å². The summed E-state index contributed by atoms with van der Waals surface area (Å²) in [6.45, 7) is 15.2. The van der Waals surface area contributed by atoms with Crippen molar-refractivity contribution in [1.82, 2.24) is 4.90 Å². The maximum Gasteiger partial charge on any atom is 0.219 e. The lowest BCUT2D eigenvalue weighted by atomic mass is 9.69. The molecule has 4 heteroatoms. The molecule has 2 saturated heterocycles. The van der Waals surface area contributed by atoms with Crippen LogP contribution in [-0.4, -0.2) is 47.8 Å². The minimum absolute atomic E-state index is 0.0465. The molecule has 0 aromatic heterocycles. The Morgan fingerprint density at radius 2 is 1.76 bits per heavy atom. The summed E-state index contributed by atoms with van der Waals surface area (Å²) >= 11 is 0. The van der Waals surface area contributed by atoms with Crippen LogP contribution in [0.4, 0.5) is 0 Å². The van der Waals surface area contributed by atoms with E-state index in [0.29, 0.717) is 11.5 Å². The van der Waals surface area contributed by atoms with Gasteiger partial charge in [0.05, 0.1) is 11.2 Å². The second kappa shape index (κ2) is 7.96. The van der Waals surface area contributed by atoms with Gasteiger partial charge in [0, 0.05) is 32.7 Å². The molecular weight excluding hydrogens is 314 g/mol. The highest BCUT2D eigenvalue weighted by atomic mass is 16.5. The third-order valence-corrected chi connectivity index (χ3v) is 6.11. The van der Waals surface area contributed by atoms with Crippen LogP contribution in [0.5, 0.6) is 0 Å². The number of amides is 1. The van der Waals surface area contributed by atoms with Crippen molar-refractivity contribution in [2.75, 3.05) is 19.8 Å². The van der Waals surface area contributed by atoms with Crippen LogP contribution >= 0.6 is 0 Å². The minimum Gasteiger partial charge on any atom is -0.376 e. The van der Waals surface area contributed by atoms with E-state index in [4.69, 9.17) is 9.47 Å². The molecule has 0 saturated carbocycles. The fourth-order valence-electron chi connectivity index (χ4n) is 5.09. The van der Waals surface area contributed by atoms with E-state index in [0.717, 1.165) is 51.9 Å². The van der Waals surface area contributed by atoms with E-state index >= 15 is 0 Å². The highest BCUT2D eigenvalue weighted by Crippen LogP contribution is 2.45. The Morgan fingerprint density at radius 1 is 1.08 bits per heavy atom. The molecule has 2 atom stereocenters. The molecule has 0 bridgehead atoms. The summed E-state index contributed by atoms with van der Waals surface area (Å²) in [5, 5.41) is 0. The average molecular weight is 354 g/mol. The maximum absolute atomic E-state index is 12.4. The van der Waals surface area contributed by atoms with Crippen LogP contribution in [-0.2, 0) is 14.3 Å². The molecule has 146 valence electrons. The summed E-state index contributed by atoms with van der Waals surface area (Å²) in [6, 6.07) is 0.313. The predicted octanol–water partition coefficient (Wildman–Crippen LogP) is 4.56. The summed E-state index contributed by atoms with van der Waals surface area (Å²) in [6.07, 6.45) is 7.62. The summed E-state index contributed by atoms with van der Waals surface area (Å²) in [7, 11) is 0. The van der Waals surface area contributed by atoms with Gasteiger partial charge >= 0.3 is 0 Å². The van der Waals surface area contributed by atoms with E-state index in [1.807, 2.05) is 0 Å². The van der Waals surface area contributed by atoms with Gasteiger partial charge in [-0.2, -0.15) is 0 Å². The van der Waals surface area contributed by atoms with Crippen molar-refractivity contribution >= 4 is 5.91 Å². The molecule has 25 heavy (non-hydrogen) atoms. The zero-order valence-corrected chi connectivity index (χ0v) is 17.3. The molecule has 2 heterocycles. The zero-order valence-electron chi connectivity index (χ0n) is 17.3. The second-order valence-electron chi connectivity index (χ2n) is 9.50. The fourth-order valence-corrected chi connectivity index (χ4v) is 5.09. The Morgan fingerprint density at radius 3 is 2.32 bits per heavy atom. The van der Waals surface area contributed by atoms with E-state index in [1.165, 1.54) is 12.8 Å². The first-order valence-corrected chi connectivity index (χ1v) is 10.1. The smallest absolute Gasteiger partial charge is 0.219 e. The van der Waals surface area contributed by atoms with Crippen molar-refractivity contribution in [3.05, 3.63) is 0 Å².